The maximum absolute atomic E-state index is 6.64. The summed E-state index contributed by atoms with van der Waals surface area (Å²) in [5.41, 5.74) is 9.51. The van der Waals surface area contributed by atoms with E-state index in [1.54, 1.807) is 13.3 Å². The molecule has 0 spiro atoms. The summed E-state index contributed by atoms with van der Waals surface area (Å²) in [6.45, 7) is 13.5. The predicted octanol–water partition coefficient (Wildman–Crippen LogP) is 10.4. The van der Waals surface area contributed by atoms with Gasteiger partial charge in [0.1, 0.15) is 23.1 Å². The van der Waals surface area contributed by atoms with E-state index in [1.165, 1.54) is 23.3 Å². The number of rotatable bonds is 7. The van der Waals surface area contributed by atoms with Gasteiger partial charge in [0.05, 0.1) is 35.2 Å². The Balaban J connectivity index is 1.32. The second-order valence-electron chi connectivity index (χ2n) is 13.1. The highest BCUT2D eigenvalue weighted by molar-refractivity contribution is 6.09. The smallest absolute Gasteiger partial charge is 0.141 e. The van der Waals surface area contributed by atoms with Gasteiger partial charge in [-0.2, -0.15) is 5.10 Å². The highest BCUT2D eigenvalue weighted by Gasteiger charge is 2.31. The van der Waals surface area contributed by atoms with Crippen molar-refractivity contribution in [2.24, 2.45) is 5.92 Å². The SMILES string of the molecule is COc1ccnc(-n2c3ccccc3c3ccc(Oc4cc(C)cc(-n5nc(C)c([C@@H]6C(C)=CCC[C@@H]6C)c5C(C)C)c4)cc32)c1. The van der Waals surface area contributed by atoms with Crippen LogP contribution in [0.1, 0.15) is 74.9 Å². The zero-order valence-electron chi connectivity index (χ0n) is 27.8. The molecule has 234 valence electrons. The van der Waals surface area contributed by atoms with Crippen LogP contribution in [-0.4, -0.2) is 26.4 Å². The van der Waals surface area contributed by atoms with Crippen LogP contribution in [0.3, 0.4) is 0 Å². The molecule has 0 saturated carbocycles. The molecule has 0 bridgehead atoms. The van der Waals surface area contributed by atoms with Gasteiger partial charge in [-0.15, -0.1) is 0 Å². The van der Waals surface area contributed by atoms with E-state index in [0.29, 0.717) is 17.8 Å². The molecule has 6 heteroatoms. The quantitative estimate of drug-likeness (QED) is 0.169. The van der Waals surface area contributed by atoms with Crippen molar-refractivity contribution in [1.82, 2.24) is 19.3 Å². The van der Waals surface area contributed by atoms with E-state index < -0.39 is 0 Å². The number of fused-ring (bicyclic) bond motifs is 3. The monoisotopic (exact) mass is 610 g/mol. The Labute approximate surface area is 271 Å². The van der Waals surface area contributed by atoms with Crippen LogP contribution in [0.2, 0.25) is 0 Å². The second-order valence-corrected chi connectivity index (χ2v) is 13.1. The Bertz CT molecular complexity index is 2120. The van der Waals surface area contributed by atoms with Crippen LogP contribution in [-0.2, 0) is 0 Å². The van der Waals surface area contributed by atoms with Gasteiger partial charge >= 0.3 is 0 Å². The molecule has 6 aromatic rings. The van der Waals surface area contributed by atoms with Gasteiger partial charge in [-0.05, 0) is 87.4 Å². The van der Waals surface area contributed by atoms with Crippen molar-refractivity contribution in [2.45, 2.75) is 66.2 Å². The Morgan fingerprint density at radius 1 is 0.848 bits per heavy atom. The lowest BCUT2D eigenvalue weighted by atomic mass is 9.74. The normalized spacial score (nSPS) is 16.7. The van der Waals surface area contributed by atoms with Crippen molar-refractivity contribution in [3.8, 4) is 28.8 Å². The first kappa shape index (κ1) is 29.8. The zero-order chi connectivity index (χ0) is 32.1. The van der Waals surface area contributed by atoms with Crippen LogP contribution in [0.15, 0.2) is 90.6 Å². The van der Waals surface area contributed by atoms with Crippen LogP contribution < -0.4 is 9.47 Å². The van der Waals surface area contributed by atoms with E-state index in [2.05, 4.69) is 118 Å². The topological polar surface area (TPSA) is 54.1 Å². The standard InChI is InChI=1S/C40H42N4O2/c1-24(2)40-39(38-26(4)11-10-12-27(38)5)28(6)42-44(40)29-19-25(3)20-32(21-29)46-31-15-16-34-33-13-8-9-14-35(33)43(36(34)22-31)37-23-30(45-7)17-18-41-37/h8-9,11,13-24,27,38H,10,12H2,1-7H3/t27-,38+/m0/s1. The fourth-order valence-electron chi connectivity index (χ4n) is 7.48. The fraction of sp³-hybridized carbons (Fsp3) is 0.300. The number of ether oxygens (including phenoxy) is 2. The number of aromatic nitrogens is 4. The van der Waals surface area contributed by atoms with Gasteiger partial charge in [0.25, 0.3) is 0 Å². The molecule has 1 aliphatic carbocycles. The number of pyridine rings is 1. The van der Waals surface area contributed by atoms with E-state index in [9.17, 15) is 0 Å². The molecule has 0 radical (unpaired) electrons. The molecule has 46 heavy (non-hydrogen) atoms. The summed E-state index contributed by atoms with van der Waals surface area (Å²) < 4.78 is 16.5. The third kappa shape index (κ3) is 5.16. The molecule has 6 nitrogen and oxygen atoms in total. The molecular formula is C40H42N4O2. The van der Waals surface area contributed by atoms with Gasteiger partial charge in [0.2, 0.25) is 0 Å². The maximum atomic E-state index is 6.64. The average molecular weight is 611 g/mol. The minimum Gasteiger partial charge on any atom is -0.497 e. The lowest BCUT2D eigenvalue weighted by Gasteiger charge is -2.30. The zero-order valence-corrected chi connectivity index (χ0v) is 27.8. The van der Waals surface area contributed by atoms with Crippen LogP contribution in [0, 0.1) is 19.8 Å². The highest BCUT2D eigenvalue weighted by atomic mass is 16.5. The summed E-state index contributed by atoms with van der Waals surface area (Å²) in [4.78, 5) is 4.70. The minimum atomic E-state index is 0.317. The van der Waals surface area contributed by atoms with Crippen molar-refractivity contribution in [2.75, 3.05) is 7.11 Å². The largest absolute Gasteiger partial charge is 0.497 e. The van der Waals surface area contributed by atoms with Gasteiger partial charge in [0, 0.05) is 46.6 Å². The summed E-state index contributed by atoms with van der Waals surface area (Å²) in [6.07, 6.45) is 6.58. The summed E-state index contributed by atoms with van der Waals surface area (Å²) in [6, 6.07) is 25.0. The number of benzene rings is 3. The Morgan fingerprint density at radius 2 is 1.65 bits per heavy atom. The predicted molar refractivity (Wildman–Crippen MR) is 187 cm³/mol. The highest BCUT2D eigenvalue weighted by Crippen LogP contribution is 2.44. The first-order chi connectivity index (χ1) is 22.2. The Hall–Kier alpha value is -4.84. The van der Waals surface area contributed by atoms with Crippen LogP contribution in [0.5, 0.6) is 17.2 Å². The van der Waals surface area contributed by atoms with E-state index in [4.69, 9.17) is 19.6 Å². The molecule has 0 saturated heterocycles. The summed E-state index contributed by atoms with van der Waals surface area (Å²) in [5, 5.41) is 7.47. The summed E-state index contributed by atoms with van der Waals surface area (Å²) in [5.74, 6) is 4.40. The number of hydrogen-bond acceptors (Lipinski definition) is 4. The molecule has 0 amide bonds. The van der Waals surface area contributed by atoms with Gasteiger partial charge in [-0.25, -0.2) is 9.67 Å². The van der Waals surface area contributed by atoms with E-state index in [1.807, 2.05) is 12.1 Å². The molecule has 3 heterocycles. The number of aryl methyl sites for hydroxylation is 2. The second kappa shape index (κ2) is 11.8. The number of nitrogens with zero attached hydrogens (tertiary/aromatic N) is 4. The van der Waals surface area contributed by atoms with E-state index in [-0.39, 0.29) is 0 Å². The van der Waals surface area contributed by atoms with E-state index in [0.717, 1.165) is 68.2 Å². The van der Waals surface area contributed by atoms with Crippen molar-refractivity contribution in [1.29, 1.82) is 0 Å². The average Bonchev–Trinajstić information content (AvgIpc) is 3.55. The van der Waals surface area contributed by atoms with Gasteiger partial charge in [-0.3, -0.25) is 4.57 Å². The molecule has 2 atom stereocenters. The number of allylic oxidation sites excluding steroid dienone is 2. The van der Waals surface area contributed by atoms with Gasteiger partial charge in [0.15, 0.2) is 0 Å². The van der Waals surface area contributed by atoms with E-state index >= 15 is 0 Å². The third-order valence-corrected chi connectivity index (χ3v) is 9.49. The minimum absolute atomic E-state index is 0.317. The molecule has 3 aromatic carbocycles. The number of para-hydroxylation sites is 1. The molecule has 1 aliphatic rings. The molecule has 0 aliphatic heterocycles. The van der Waals surface area contributed by atoms with Crippen LogP contribution >= 0.6 is 0 Å². The van der Waals surface area contributed by atoms with Crippen molar-refractivity contribution in [3.63, 3.8) is 0 Å². The lowest BCUT2D eigenvalue weighted by Crippen LogP contribution is -2.18. The fourth-order valence-corrected chi connectivity index (χ4v) is 7.48. The molecule has 3 aromatic heterocycles. The van der Waals surface area contributed by atoms with Crippen molar-refractivity contribution >= 4 is 21.8 Å². The van der Waals surface area contributed by atoms with Crippen molar-refractivity contribution < 1.29 is 9.47 Å². The lowest BCUT2D eigenvalue weighted by molar-refractivity contribution is 0.414. The van der Waals surface area contributed by atoms with Crippen LogP contribution in [0.4, 0.5) is 0 Å². The molecule has 0 unspecified atom stereocenters. The molecular weight excluding hydrogens is 568 g/mol. The number of methoxy groups -OCH3 is 1. The Kier molecular flexibility index (Phi) is 7.67. The first-order valence-corrected chi connectivity index (χ1v) is 16.3. The summed E-state index contributed by atoms with van der Waals surface area (Å²) >= 11 is 0. The number of hydrogen-bond donors (Lipinski definition) is 0. The maximum Gasteiger partial charge on any atom is 0.141 e. The molecule has 7 rings (SSSR count). The van der Waals surface area contributed by atoms with Crippen LogP contribution in [0.25, 0.3) is 33.3 Å². The first-order valence-electron chi connectivity index (χ1n) is 16.3. The van der Waals surface area contributed by atoms with Crippen molar-refractivity contribution in [3.05, 3.63) is 113 Å². The van der Waals surface area contributed by atoms with Gasteiger partial charge < -0.3 is 9.47 Å². The molecule has 0 N–H and O–H groups in total. The van der Waals surface area contributed by atoms with Gasteiger partial charge in [-0.1, -0.05) is 50.6 Å². The Morgan fingerprint density at radius 3 is 2.43 bits per heavy atom. The third-order valence-electron chi connectivity index (χ3n) is 9.49. The summed E-state index contributed by atoms with van der Waals surface area (Å²) in [7, 11) is 1.68. The molecule has 0 fully saturated rings.